The molecule has 5 nitrogen and oxygen atoms in total. The number of likely N-dealkylation sites (tertiary alicyclic amines) is 1. The van der Waals surface area contributed by atoms with Gasteiger partial charge in [-0.2, -0.15) is 0 Å². The molecule has 2 atom stereocenters. The minimum Gasteiger partial charge on any atom is -0.490 e. The van der Waals surface area contributed by atoms with Crippen molar-refractivity contribution in [2.24, 2.45) is 5.92 Å². The fourth-order valence-corrected chi connectivity index (χ4v) is 3.33. The SMILES string of the molecule is CCOc1c(F)cccc1C(=O)N1CCC[C@H]2C(=O)NC[C@H]21. The van der Waals surface area contributed by atoms with Crippen molar-refractivity contribution in [3.63, 3.8) is 0 Å². The minimum absolute atomic E-state index is 0.00518. The Balaban J connectivity index is 1.91. The summed E-state index contributed by atoms with van der Waals surface area (Å²) in [6.07, 6.45) is 1.57. The molecule has 3 rings (SSSR count). The summed E-state index contributed by atoms with van der Waals surface area (Å²) in [6, 6.07) is 4.21. The summed E-state index contributed by atoms with van der Waals surface area (Å²) in [5, 5.41) is 2.81. The van der Waals surface area contributed by atoms with E-state index in [0.29, 0.717) is 13.1 Å². The number of benzene rings is 1. The van der Waals surface area contributed by atoms with E-state index in [0.717, 1.165) is 12.8 Å². The number of amides is 2. The first kappa shape index (κ1) is 14.8. The van der Waals surface area contributed by atoms with E-state index in [9.17, 15) is 14.0 Å². The molecular formula is C16H19FN2O3. The van der Waals surface area contributed by atoms with Crippen LogP contribution in [0.2, 0.25) is 0 Å². The zero-order valence-corrected chi connectivity index (χ0v) is 12.5. The number of hydrogen-bond donors (Lipinski definition) is 1. The lowest BCUT2D eigenvalue weighted by Gasteiger charge is -2.36. The van der Waals surface area contributed by atoms with Gasteiger partial charge in [-0.05, 0) is 31.9 Å². The van der Waals surface area contributed by atoms with Gasteiger partial charge < -0.3 is 15.0 Å². The smallest absolute Gasteiger partial charge is 0.258 e. The first-order chi connectivity index (χ1) is 10.6. The molecule has 6 heteroatoms. The lowest BCUT2D eigenvalue weighted by molar-refractivity contribution is -0.123. The summed E-state index contributed by atoms with van der Waals surface area (Å²) in [5.41, 5.74) is 0.224. The van der Waals surface area contributed by atoms with Crippen molar-refractivity contribution >= 4 is 11.8 Å². The summed E-state index contributed by atoms with van der Waals surface area (Å²) in [7, 11) is 0. The van der Waals surface area contributed by atoms with E-state index in [2.05, 4.69) is 5.32 Å². The largest absolute Gasteiger partial charge is 0.490 e. The first-order valence-corrected chi connectivity index (χ1v) is 7.63. The lowest BCUT2D eigenvalue weighted by Crippen LogP contribution is -2.48. The zero-order chi connectivity index (χ0) is 15.7. The van der Waals surface area contributed by atoms with Crippen LogP contribution < -0.4 is 10.1 Å². The third-order valence-electron chi connectivity index (χ3n) is 4.35. The Kier molecular flexibility index (Phi) is 4.00. The average molecular weight is 306 g/mol. The van der Waals surface area contributed by atoms with Gasteiger partial charge in [-0.25, -0.2) is 4.39 Å². The third-order valence-corrected chi connectivity index (χ3v) is 4.35. The molecule has 118 valence electrons. The number of piperidine rings is 1. The Morgan fingerprint density at radius 3 is 3.09 bits per heavy atom. The fraction of sp³-hybridized carbons (Fsp3) is 0.500. The topological polar surface area (TPSA) is 58.6 Å². The van der Waals surface area contributed by atoms with Crippen LogP contribution in [0.3, 0.4) is 0 Å². The van der Waals surface area contributed by atoms with Crippen LogP contribution >= 0.6 is 0 Å². The number of nitrogens with zero attached hydrogens (tertiary/aromatic N) is 1. The number of rotatable bonds is 3. The highest BCUT2D eigenvalue weighted by Crippen LogP contribution is 2.31. The number of para-hydroxylation sites is 1. The summed E-state index contributed by atoms with van der Waals surface area (Å²) in [4.78, 5) is 26.3. The third kappa shape index (κ3) is 2.42. The highest BCUT2D eigenvalue weighted by atomic mass is 19.1. The van der Waals surface area contributed by atoms with E-state index in [1.807, 2.05) is 0 Å². The van der Waals surface area contributed by atoms with Gasteiger partial charge in [-0.1, -0.05) is 6.07 Å². The van der Waals surface area contributed by atoms with Crippen LogP contribution in [0.1, 0.15) is 30.1 Å². The van der Waals surface area contributed by atoms with Gasteiger partial charge in [0.15, 0.2) is 11.6 Å². The maximum absolute atomic E-state index is 13.9. The number of ether oxygens (including phenoxy) is 1. The molecule has 2 heterocycles. The highest BCUT2D eigenvalue weighted by molar-refractivity contribution is 5.98. The molecule has 1 aromatic carbocycles. The second kappa shape index (κ2) is 5.94. The maximum atomic E-state index is 13.9. The Morgan fingerprint density at radius 2 is 2.32 bits per heavy atom. The molecule has 0 unspecified atom stereocenters. The van der Waals surface area contributed by atoms with Crippen LogP contribution in [-0.4, -0.2) is 42.5 Å². The number of halogens is 1. The minimum atomic E-state index is -0.540. The molecule has 1 N–H and O–H groups in total. The predicted molar refractivity (Wildman–Crippen MR) is 78.1 cm³/mol. The summed E-state index contributed by atoms with van der Waals surface area (Å²) < 4.78 is 19.2. The molecule has 0 aliphatic carbocycles. The number of nitrogens with one attached hydrogen (secondary N) is 1. The van der Waals surface area contributed by atoms with Crippen molar-refractivity contribution in [1.29, 1.82) is 0 Å². The molecule has 2 aliphatic heterocycles. The van der Waals surface area contributed by atoms with E-state index in [1.54, 1.807) is 17.9 Å². The van der Waals surface area contributed by atoms with E-state index in [1.165, 1.54) is 12.1 Å². The fourth-order valence-electron chi connectivity index (χ4n) is 3.33. The van der Waals surface area contributed by atoms with Gasteiger partial charge in [0.2, 0.25) is 5.91 Å². The number of carbonyl (C=O) groups excluding carboxylic acids is 2. The van der Waals surface area contributed by atoms with E-state index in [-0.39, 0.29) is 41.7 Å². The summed E-state index contributed by atoms with van der Waals surface area (Å²) in [5.74, 6) is -0.959. The Hall–Kier alpha value is -2.11. The molecular weight excluding hydrogens is 287 g/mol. The number of carbonyl (C=O) groups is 2. The number of hydrogen-bond acceptors (Lipinski definition) is 3. The standard InChI is InChI=1S/C16H19FN2O3/c1-2-22-14-11(5-3-7-12(14)17)16(21)19-8-4-6-10-13(19)9-18-15(10)20/h3,5,7,10,13H,2,4,6,8-9H2,1H3,(H,18,20)/t10-,13-/m1/s1. The second-order valence-corrected chi connectivity index (χ2v) is 5.61. The quantitative estimate of drug-likeness (QED) is 0.922. The molecule has 0 spiro atoms. The van der Waals surface area contributed by atoms with Crippen LogP contribution in [0.4, 0.5) is 4.39 Å². The van der Waals surface area contributed by atoms with Gasteiger partial charge in [0.1, 0.15) is 0 Å². The molecule has 22 heavy (non-hydrogen) atoms. The Labute approximate surface area is 128 Å². The molecule has 2 saturated heterocycles. The van der Waals surface area contributed by atoms with Gasteiger partial charge in [0.25, 0.3) is 5.91 Å². The summed E-state index contributed by atoms with van der Waals surface area (Å²) in [6.45, 7) is 3.08. The van der Waals surface area contributed by atoms with Crippen molar-refractivity contribution in [2.75, 3.05) is 19.7 Å². The van der Waals surface area contributed by atoms with Gasteiger partial charge in [0, 0.05) is 13.1 Å². The second-order valence-electron chi connectivity index (χ2n) is 5.61. The van der Waals surface area contributed by atoms with Crippen molar-refractivity contribution < 1.29 is 18.7 Å². The van der Waals surface area contributed by atoms with E-state index >= 15 is 0 Å². The summed E-state index contributed by atoms with van der Waals surface area (Å²) >= 11 is 0. The van der Waals surface area contributed by atoms with Crippen LogP contribution in [0, 0.1) is 11.7 Å². The molecule has 0 saturated carbocycles. The molecule has 0 bridgehead atoms. The van der Waals surface area contributed by atoms with Gasteiger partial charge in [-0.3, -0.25) is 9.59 Å². The van der Waals surface area contributed by atoms with E-state index in [4.69, 9.17) is 4.74 Å². The van der Waals surface area contributed by atoms with Crippen molar-refractivity contribution in [3.05, 3.63) is 29.6 Å². The zero-order valence-electron chi connectivity index (χ0n) is 12.5. The van der Waals surface area contributed by atoms with Crippen molar-refractivity contribution in [1.82, 2.24) is 10.2 Å². The van der Waals surface area contributed by atoms with Crippen LogP contribution in [0.15, 0.2) is 18.2 Å². The Bertz CT molecular complexity index is 605. The first-order valence-electron chi connectivity index (χ1n) is 7.63. The lowest BCUT2D eigenvalue weighted by atomic mass is 9.91. The van der Waals surface area contributed by atoms with Gasteiger partial charge in [-0.15, -0.1) is 0 Å². The van der Waals surface area contributed by atoms with Gasteiger partial charge in [0.05, 0.1) is 24.1 Å². The average Bonchev–Trinajstić information content (AvgIpc) is 2.90. The molecule has 2 amide bonds. The van der Waals surface area contributed by atoms with Crippen LogP contribution in [0.25, 0.3) is 0 Å². The monoisotopic (exact) mass is 306 g/mol. The van der Waals surface area contributed by atoms with Crippen LogP contribution in [0.5, 0.6) is 5.75 Å². The van der Waals surface area contributed by atoms with Gasteiger partial charge >= 0.3 is 0 Å². The number of fused-ring (bicyclic) bond motifs is 1. The maximum Gasteiger partial charge on any atom is 0.258 e. The molecule has 0 aromatic heterocycles. The van der Waals surface area contributed by atoms with Crippen LogP contribution in [-0.2, 0) is 4.79 Å². The highest BCUT2D eigenvalue weighted by Gasteiger charge is 2.43. The van der Waals surface area contributed by atoms with E-state index < -0.39 is 5.82 Å². The van der Waals surface area contributed by atoms with Crippen molar-refractivity contribution in [2.45, 2.75) is 25.8 Å². The normalized spacial score (nSPS) is 23.9. The molecule has 0 radical (unpaired) electrons. The molecule has 2 aliphatic rings. The Morgan fingerprint density at radius 1 is 1.50 bits per heavy atom. The predicted octanol–water partition coefficient (Wildman–Crippen LogP) is 1.57. The van der Waals surface area contributed by atoms with Crippen molar-refractivity contribution in [3.8, 4) is 5.75 Å². The molecule has 2 fully saturated rings. The molecule has 1 aromatic rings.